The Bertz CT molecular complexity index is 539. The van der Waals surface area contributed by atoms with Crippen LogP contribution in [-0.4, -0.2) is 66.8 Å². The molecule has 0 aromatic rings. The van der Waals surface area contributed by atoms with Gasteiger partial charge in [-0.3, -0.25) is 19.2 Å². The van der Waals surface area contributed by atoms with E-state index in [1.807, 2.05) is 0 Å². The van der Waals surface area contributed by atoms with E-state index in [9.17, 15) is 19.2 Å². The molecule has 2 atom stereocenters. The Morgan fingerprint density at radius 2 is 1.73 bits per heavy atom. The molecule has 9 heteroatoms. The number of nitrogens with two attached hydrogens (primary N) is 1. The molecule has 2 fully saturated rings. The van der Waals surface area contributed by atoms with Crippen molar-refractivity contribution in [2.24, 2.45) is 5.73 Å². The summed E-state index contributed by atoms with van der Waals surface area (Å²) in [7, 11) is 0. The van der Waals surface area contributed by atoms with Gasteiger partial charge in [-0.25, -0.2) is 0 Å². The van der Waals surface area contributed by atoms with Gasteiger partial charge in [0.25, 0.3) is 0 Å². The molecule has 2 aliphatic rings. The fourth-order valence-electron chi connectivity index (χ4n) is 3.34. The summed E-state index contributed by atoms with van der Waals surface area (Å²) >= 11 is 0. The maximum absolute atomic E-state index is 12.4. The second-order valence-corrected chi connectivity index (χ2v) is 6.73. The van der Waals surface area contributed by atoms with E-state index in [0.29, 0.717) is 25.9 Å². The normalized spacial score (nSPS) is 25.8. The van der Waals surface area contributed by atoms with Crippen molar-refractivity contribution in [1.29, 1.82) is 0 Å². The standard InChI is InChI=1S/C17H29N5O4/c18-8-2-1-4-12-16(25)19-10-7-15(24)22-11-3-5-13(22)17(26)20-9-6-14(23)21-12/h12-13H,1-11,18H2,(H,19,25)(H,20,26)(H,21,23)/t12-,13-/m0/s1. The van der Waals surface area contributed by atoms with Crippen LogP contribution in [0.4, 0.5) is 0 Å². The SMILES string of the molecule is NCCCC[C@@H]1NC(=O)CCNC(=O)[C@@H]2CCCN2C(=O)CCNC1=O. The van der Waals surface area contributed by atoms with E-state index in [0.717, 1.165) is 19.3 Å². The maximum Gasteiger partial charge on any atom is 0.242 e. The van der Waals surface area contributed by atoms with E-state index in [-0.39, 0.29) is 49.6 Å². The third-order valence-electron chi connectivity index (χ3n) is 4.76. The van der Waals surface area contributed by atoms with E-state index in [1.165, 1.54) is 0 Å². The Morgan fingerprint density at radius 1 is 1.00 bits per heavy atom. The van der Waals surface area contributed by atoms with Gasteiger partial charge >= 0.3 is 0 Å². The minimum absolute atomic E-state index is 0.0904. The molecule has 146 valence electrons. The van der Waals surface area contributed by atoms with Crippen LogP contribution in [0.5, 0.6) is 0 Å². The van der Waals surface area contributed by atoms with Crippen LogP contribution >= 0.6 is 0 Å². The number of nitrogens with one attached hydrogen (secondary N) is 3. The van der Waals surface area contributed by atoms with Crippen molar-refractivity contribution in [3.8, 4) is 0 Å². The van der Waals surface area contributed by atoms with Gasteiger partial charge in [0, 0.05) is 32.5 Å². The Balaban J connectivity index is 2.02. The molecule has 2 heterocycles. The van der Waals surface area contributed by atoms with E-state index in [1.54, 1.807) is 4.90 Å². The largest absolute Gasteiger partial charge is 0.354 e. The fraction of sp³-hybridized carbons (Fsp3) is 0.765. The van der Waals surface area contributed by atoms with Gasteiger partial charge in [-0.05, 0) is 38.6 Å². The lowest BCUT2D eigenvalue weighted by molar-refractivity contribution is -0.138. The third-order valence-corrected chi connectivity index (χ3v) is 4.76. The number of nitrogens with zero attached hydrogens (tertiary/aromatic N) is 1. The van der Waals surface area contributed by atoms with Crippen molar-refractivity contribution in [2.75, 3.05) is 26.2 Å². The molecule has 2 saturated heterocycles. The van der Waals surface area contributed by atoms with E-state index in [4.69, 9.17) is 5.73 Å². The van der Waals surface area contributed by atoms with Gasteiger partial charge in [0.15, 0.2) is 0 Å². The summed E-state index contributed by atoms with van der Waals surface area (Å²) in [5.74, 6) is -0.926. The molecule has 0 bridgehead atoms. The first-order chi connectivity index (χ1) is 12.5. The Kier molecular flexibility index (Phi) is 7.83. The van der Waals surface area contributed by atoms with E-state index < -0.39 is 12.1 Å². The predicted octanol–water partition coefficient (Wildman–Crippen LogP) is -1.38. The molecule has 9 nitrogen and oxygen atoms in total. The van der Waals surface area contributed by atoms with Gasteiger partial charge in [0.2, 0.25) is 23.6 Å². The highest BCUT2D eigenvalue weighted by molar-refractivity contribution is 5.90. The molecule has 2 aliphatic heterocycles. The number of hydrogen-bond acceptors (Lipinski definition) is 5. The summed E-state index contributed by atoms with van der Waals surface area (Å²) in [6.07, 6.45) is 3.61. The monoisotopic (exact) mass is 367 g/mol. The van der Waals surface area contributed by atoms with Crippen molar-refractivity contribution in [1.82, 2.24) is 20.9 Å². The molecule has 0 unspecified atom stereocenters. The molecule has 0 aromatic carbocycles. The van der Waals surface area contributed by atoms with Crippen LogP contribution in [0.2, 0.25) is 0 Å². The summed E-state index contributed by atoms with van der Waals surface area (Å²) < 4.78 is 0. The molecular weight excluding hydrogens is 338 g/mol. The first-order valence-electron chi connectivity index (χ1n) is 9.37. The van der Waals surface area contributed by atoms with Crippen molar-refractivity contribution in [3.63, 3.8) is 0 Å². The minimum Gasteiger partial charge on any atom is -0.354 e. The summed E-state index contributed by atoms with van der Waals surface area (Å²) in [4.78, 5) is 50.7. The zero-order chi connectivity index (χ0) is 18.9. The highest BCUT2D eigenvalue weighted by Gasteiger charge is 2.34. The molecule has 0 aromatic heterocycles. The zero-order valence-corrected chi connectivity index (χ0v) is 15.1. The zero-order valence-electron chi connectivity index (χ0n) is 15.1. The second kappa shape index (κ2) is 10.1. The van der Waals surface area contributed by atoms with Gasteiger partial charge in [-0.15, -0.1) is 0 Å². The molecule has 5 N–H and O–H groups in total. The number of amides is 4. The van der Waals surface area contributed by atoms with Crippen molar-refractivity contribution in [2.45, 2.75) is 57.0 Å². The van der Waals surface area contributed by atoms with Crippen LogP contribution in [0, 0.1) is 0 Å². The average molecular weight is 367 g/mol. The molecule has 0 aliphatic carbocycles. The molecule has 2 rings (SSSR count). The number of carbonyl (C=O) groups excluding carboxylic acids is 4. The van der Waals surface area contributed by atoms with Gasteiger partial charge < -0.3 is 26.6 Å². The van der Waals surface area contributed by atoms with E-state index in [2.05, 4.69) is 16.0 Å². The minimum atomic E-state index is -0.651. The number of carbonyl (C=O) groups is 4. The summed E-state index contributed by atoms with van der Waals surface area (Å²) in [6, 6.07) is -1.13. The van der Waals surface area contributed by atoms with Crippen LogP contribution in [0.3, 0.4) is 0 Å². The molecule has 0 spiro atoms. The highest BCUT2D eigenvalue weighted by Crippen LogP contribution is 2.18. The lowest BCUT2D eigenvalue weighted by Crippen LogP contribution is -2.50. The lowest BCUT2D eigenvalue weighted by atomic mass is 10.1. The number of fused-ring (bicyclic) bond motifs is 1. The van der Waals surface area contributed by atoms with Gasteiger partial charge in [0.05, 0.1) is 0 Å². The topological polar surface area (TPSA) is 134 Å². The summed E-state index contributed by atoms with van der Waals surface area (Å²) in [5, 5.41) is 8.16. The van der Waals surface area contributed by atoms with Crippen LogP contribution in [-0.2, 0) is 19.2 Å². The molecule has 0 saturated carbocycles. The first kappa shape index (κ1) is 20.2. The van der Waals surface area contributed by atoms with Gasteiger partial charge in [-0.2, -0.15) is 0 Å². The highest BCUT2D eigenvalue weighted by atomic mass is 16.2. The molecule has 4 amide bonds. The van der Waals surface area contributed by atoms with Crippen LogP contribution in [0.25, 0.3) is 0 Å². The smallest absolute Gasteiger partial charge is 0.242 e. The lowest BCUT2D eigenvalue weighted by Gasteiger charge is -2.25. The van der Waals surface area contributed by atoms with Crippen LogP contribution in [0.1, 0.15) is 44.9 Å². The molecular formula is C17H29N5O4. The summed E-state index contributed by atoms with van der Waals surface area (Å²) in [6.45, 7) is 1.44. The Morgan fingerprint density at radius 3 is 2.50 bits per heavy atom. The molecule has 0 radical (unpaired) electrons. The maximum atomic E-state index is 12.4. The Labute approximate surface area is 153 Å². The van der Waals surface area contributed by atoms with Crippen molar-refractivity contribution in [3.05, 3.63) is 0 Å². The summed E-state index contributed by atoms with van der Waals surface area (Å²) in [5.41, 5.74) is 5.48. The predicted molar refractivity (Wildman–Crippen MR) is 94.8 cm³/mol. The van der Waals surface area contributed by atoms with Gasteiger partial charge in [0.1, 0.15) is 12.1 Å². The quantitative estimate of drug-likeness (QED) is 0.454. The number of unbranched alkanes of at least 4 members (excludes halogenated alkanes) is 1. The third kappa shape index (κ3) is 5.69. The average Bonchev–Trinajstić information content (AvgIpc) is 3.10. The van der Waals surface area contributed by atoms with Crippen molar-refractivity contribution < 1.29 is 19.2 Å². The molecule has 26 heavy (non-hydrogen) atoms. The van der Waals surface area contributed by atoms with Gasteiger partial charge in [-0.1, -0.05) is 0 Å². The first-order valence-corrected chi connectivity index (χ1v) is 9.37. The fourth-order valence-corrected chi connectivity index (χ4v) is 3.34. The van der Waals surface area contributed by atoms with Crippen LogP contribution < -0.4 is 21.7 Å². The van der Waals surface area contributed by atoms with Crippen molar-refractivity contribution >= 4 is 23.6 Å². The Hall–Kier alpha value is -2.16. The number of rotatable bonds is 4. The second-order valence-electron chi connectivity index (χ2n) is 6.73. The number of hydrogen-bond donors (Lipinski definition) is 4. The van der Waals surface area contributed by atoms with E-state index >= 15 is 0 Å². The van der Waals surface area contributed by atoms with Crippen LogP contribution in [0.15, 0.2) is 0 Å².